The van der Waals surface area contributed by atoms with E-state index in [-0.39, 0.29) is 46.8 Å². The van der Waals surface area contributed by atoms with Gasteiger partial charge >= 0.3 is 6.09 Å². The Hall–Kier alpha value is -0.890. The number of amides is 1. The molecule has 7 nitrogen and oxygen atoms in total. The number of nitrogens with one attached hydrogen (secondary N) is 1. The molecule has 5 aliphatic carbocycles. The van der Waals surface area contributed by atoms with Gasteiger partial charge in [0.25, 0.3) is 0 Å². The van der Waals surface area contributed by atoms with Crippen LogP contribution in [-0.2, 0) is 9.47 Å². The molecule has 11 atom stereocenters. The Morgan fingerprint density at radius 3 is 2.46 bits per heavy atom. The summed E-state index contributed by atoms with van der Waals surface area (Å²) in [7, 11) is 0. The topological polar surface area (TPSA) is 91.3 Å². The summed E-state index contributed by atoms with van der Waals surface area (Å²) in [6, 6.07) is 0. The number of hydrogen-bond acceptors (Lipinski definition) is 6. The predicted molar refractivity (Wildman–Crippen MR) is 148 cm³/mol. The van der Waals surface area contributed by atoms with E-state index in [0.29, 0.717) is 54.1 Å². The fraction of sp³-hybridized carbons (Fsp3) is 0.969. The summed E-state index contributed by atoms with van der Waals surface area (Å²) in [5, 5.41) is 24.4. The van der Waals surface area contributed by atoms with E-state index in [1.54, 1.807) is 0 Å². The molecule has 7 heteroatoms. The molecule has 0 bridgehead atoms. The van der Waals surface area contributed by atoms with Crippen molar-refractivity contribution >= 4 is 6.09 Å². The van der Waals surface area contributed by atoms with Gasteiger partial charge in [0.15, 0.2) is 0 Å². The lowest BCUT2D eigenvalue weighted by atomic mass is 9.41. The van der Waals surface area contributed by atoms with Gasteiger partial charge in [-0.2, -0.15) is 0 Å². The standard InChI is InChI=1S/C32H52N2O5/c1-19-9-15-38-25-24(19)29(4)11-12-32-18-31(32)10-8-23(39-27(37)33-13-14-34-16-20(35)17-34)28(2,3)21(31)6-7-22(32)30(29,5)26(25)36/h19-26,35-36H,6-18H2,1-5H3,(H,33,37)/t19-,21+,22?,23+,24+,25?,26+,29-,30-,31-,32+/m1/s1. The van der Waals surface area contributed by atoms with E-state index in [0.717, 1.165) is 32.4 Å². The van der Waals surface area contributed by atoms with Crippen LogP contribution in [0.25, 0.3) is 0 Å². The van der Waals surface area contributed by atoms with Crippen LogP contribution in [0.15, 0.2) is 0 Å². The SMILES string of the molecule is C[C@@H]1CCOC2[C@H]1[C@@]1(C)CC[C@@]34C[C@@]35CC[C@H](OC(=O)NCCN3CC(O)C3)C(C)(C)[C@@H]5CCC4[C@]1(C)[C@H]2O. The van der Waals surface area contributed by atoms with Gasteiger partial charge in [0, 0.05) is 43.6 Å². The van der Waals surface area contributed by atoms with Crippen LogP contribution < -0.4 is 5.32 Å². The zero-order chi connectivity index (χ0) is 27.6. The molecule has 5 saturated carbocycles. The number of likely N-dealkylation sites (tertiary alicyclic amines) is 1. The number of ether oxygens (including phenoxy) is 2. The summed E-state index contributed by atoms with van der Waals surface area (Å²) in [4.78, 5) is 14.9. The van der Waals surface area contributed by atoms with E-state index >= 15 is 0 Å². The Labute approximate surface area is 234 Å². The Morgan fingerprint density at radius 2 is 1.72 bits per heavy atom. The van der Waals surface area contributed by atoms with E-state index in [9.17, 15) is 15.0 Å². The summed E-state index contributed by atoms with van der Waals surface area (Å²) < 4.78 is 12.5. The van der Waals surface area contributed by atoms with Crippen molar-refractivity contribution in [2.45, 2.75) is 110 Å². The van der Waals surface area contributed by atoms with Crippen molar-refractivity contribution < 1.29 is 24.5 Å². The Morgan fingerprint density at radius 1 is 1.00 bits per heavy atom. The smallest absolute Gasteiger partial charge is 0.407 e. The highest BCUT2D eigenvalue weighted by Crippen LogP contribution is 2.89. The maximum absolute atomic E-state index is 12.8. The fourth-order valence-corrected chi connectivity index (χ4v) is 12.6. The van der Waals surface area contributed by atoms with Crippen molar-refractivity contribution in [1.29, 1.82) is 0 Å². The lowest BCUT2D eigenvalue weighted by molar-refractivity contribution is -0.182. The van der Waals surface area contributed by atoms with Gasteiger partial charge in [-0.05, 0) is 91.3 Å². The number of β-amino-alcohol motifs (C(OH)–C–C–N with tert-alkyl or cyclic N) is 1. The molecule has 2 saturated heterocycles. The van der Waals surface area contributed by atoms with Gasteiger partial charge in [0.1, 0.15) is 6.10 Å². The lowest BCUT2D eigenvalue weighted by Crippen LogP contribution is -2.60. The van der Waals surface area contributed by atoms with Gasteiger partial charge < -0.3 is 25.0 Å². The first-order valence-electron chi connectivity index (χ1n) is 16.1. The third-order valence-electron chi connectivity index (χ3n) is 14.6. The molecule has 220 valence electrons. The normalized spacial score (nSPS) is 53.8. The van der Waals surface area contributed by atoms with E-state index in [4.69, 9.17) is 9.47 Å². The molecule has 2 spiro atoms. The molecule has 7 fully saturated rings. The Bertz CT molecular complexity index is 1010. The van der Waals surface area contributed by atoms with Gasteiger partial charge in [-0.3, -0.25) is 4.90 Å². The first-order chi connectivity index (χ1) is 18.4. The molecule has 0 aromatic carbocycles. The maximum Gasteiger partial charge on any atom is 0.407 e. The monoisotopic (exact) mass is 544 g/mol. The van der Waals surface area contributed by atoms with Crippen molar-refractivity contribution in [3.63, 3.8) is 0 Å². The number of aliphatic hydroxyl groups excluding tert-OH is 2. The number of aliphatic hydroxyl groups is 2. The summed E-state index contributed by atoms with van der Waals surface area (Å²) in [6.07, 6.45) is 8.38. The average Bonchev–Trinajstić information content (AvgIpc) is 3.49. The minimum atomic E-state index is -0.373. The largest absolute Gasteiger partial charge is 0.446 e. The van der Waals surface area contributed by atoms with Gasteiger partial charge in [-0.1, -0.05) is 34.6 Å². The number of fused-ring (bicyclic) bond motifs is 4. The van der Waals surface area contributed by atoms with E-state index < -0.39 is 0 Å². The van der Waals surface area contributed by atoms with E-state index in [1.807, 2.05) is 0 Å². The van der Waals surface area contributed by atoms with Crippen molar-refractivity contribution in [2.75, 3.05) is 32.8 Å². The number of hydrogen-bond donors (Lipinski definition) is 3. The van der Waals surface area contributed by atoms with Crippen LogP contribution in [-0.4, -0.2) is 78.4 Å². The van der Waals surface area contributed by atoms with Crippen LogP contribution in [0.5, 0.6) is 0 Å². The molecule has 0 aromatic heterocycles. The van der Waals surface area contributed by atoms with Crippen molar-refractivity contribution in [1.82, 2.24) is 10.2 Å². The van der Waals surface area contributed by atoms with Gasteiger partial charge in [0.05, 0.1) is 18.3 Å². The highest BCUT2D eigenvalue weighted by atomic mass is 16.6. The van der Waals surface area contributed by atoms with Crippen LogP contribution in [0.3, 0.4) is 0 Å². The van der Waals surface area contributed by atoms with E-state index in [2.05, 4.69) is 44.8 Å². The fourth-order valence-electron chi connectivity index (χ4n) is 12.6. The molecule has 39 heavy (non-hydrogen) atoms. The first kappa shape index (κ1) is 27.0. The molecule has 7 aliphatic rings. The Balaban J connectivity index is 1.07. The highest BCUT2D eigenvalue weighted by Gasteiger charge is 2.84. The van der Waals surface area contributed by atoms with Gasteiger partial charge in [-0.25, -0.2) is 4.79 Å². The van der Waals surface area contributed by atoms with Gasteiger partial charge in [-0.15, -0.1) is 0 Å². The number of carbonyl (C=O) groups is 1. The van der Waals surface area contributed by atoms with Crippen molar-refractivity contribution in [2.24, 2.45) is 50.7 Å². The second-order valence-corrected chi connectivity index (χ2v) is 16.0. The van der Waals surface area contributed by atoms with Crippen LogP contribution in [0.4, 0.5) is 4.79 Å². The summed E-state index contributed by atoms with van der Waals surface area (Å²) >= 11 is 0. The number of alkyl carbamates (subject to hydrolysis) is 1. The Kier molecular flexibility index (Phi) is 5.93. The molecule has 1 amide bonds. The zero-order valence-electron chi connectivity index (χ0n) is 24.9. The summed E-state index contributed by atoms with van der Waals surface area (Å²) in [6.45, 7) is 15.6. The summed E-state index contributed by atoms with van der Waals surface area (Å²) in [5.74, 6) is 2.17. The molecule has 2 unspecified atom stereocenters. The molecule has 0 radical (unpaired) electrons. The summed E-state index contributed by atoms with van der Waals surface area (Å²) in [5.41, 5.74) is 0.628. The predicted octanol–water partition coefficient (Wildman–Crippen LogP) is 4.20. The van der Waals surface area contributed by atoms with Crippen LogP contribution in [0.1, 0.15) is 86.0 Å². The van der Waals surface area contributed by atoms with E-state index in [1.165, 1.54) is 32.1 Å². The number of rotatable bonds is 4. The van der Waals surface area contributed by atoms with Crippen LogP contribution >= 0.6 is 0 Å². The first-order valence-corrected chi connectivity index (χ1v) is 16.1. The van der Waals surface area contributed by atoms with Crippen molar-refractivity contribution in [3.8, 4) is 0 Å². The third kappa shape index (κ3) is 3.34. The third-order valence-corrected chi connectivity index (χ3v) is 14.6. The van der Waals surface area contributed by atoms with Crippen LogP contribution in [0.2, 0.25) is 0 Å². The highest BCUT2D eigenvalue weighted by molar-refractivity contribution is 5.67. The lowest BCUT2D eigenvalue weighted by Gasteiger charge is -2.63. The minimum absolute atomic E-state index is 0.00317. The van der Waals surface area contributed by atoms with Crippen molar-refractivity contribution in [3.05, 3.63) is 0 Å². The second kappa shape index (κ2) is 8.58. The minimum Gasteiger partial charge on any atom is -0.446 e. The zero-order valence-corrected chi connectivity index (χ0v) is 24.9. The maximum atomic E-state index is 12.8. The molecule has 3 N–H and O–H groups in total. The number of nitrogens with zero attached hydrogens (tertiary/aromatic N) is 1. The number of carbonyl (C=O) groups excluding carboxylic acids is 1. The molecule has 2 heterocycles. The molecule has 7 rings (SSSR count). The molecule has 2 aliphatic heterocycles. The molecular formula is C32H52N2O5. The average molecular weight is 545 g/mol. The molecular weight excluding hydrogens is 492 g/mol. The van der Waals surface area contributed by atoms with Crippen LogP contribution in [0, 0.1) is 50.7 Å². The second-order valence-electron chi connectivity index (χ2n) is 16.0. The van der Waals surface area contributed by atoms with Gasteiger partial charge in [0.2, 0.25) is 0 Å². The quantitative estimate of drug-likeness (QED) is 0.491. The molecule has 0 aromatic rings.